The Morgan fingerprint density at radius 2 is 2.42 bits per heavy atom. The summed E-state index contributed by atoms with van der Waals surface area (Å²) in [4.78, 5) is 3.93. The number of aromatic nitrogens is 1. The minimum Gasteiger partial charge on any atom is -0.624 e. The van der Waals surface area contributed by atoms with Gasteiger partial charge in [0, 0.05) is 5.38 Å². The van der Waals surface area contributed by atoms with Crippen LogP contribution in [0.5, 0.6) is 0 Å². The van der Waals surface area contributed by atoms with Crippen molar-refractivity contribution in [3.05, 3.63) is 16.3 Å². The van der Waals surface area contributed by atoms with Crippen LogP contribution in [0.2, 0.25) is 0 Å². The molecule has 0 radical (unpaired) electrons. The quantitative estimate of drug-likeness (QED) is 0.324. The molecule has 0 amide bonds. The predicted molar refractivity (Wildman–Crippen MR) is 50.5 cm³/mol. The lowest BCUT2D eigenvalue weighted by molar-refractivity contribution is -0.487. The van der Waals surface area contributed by atoms with Gasteiger partial charge in [-0.05, 0) is 13.8 Å². The fourth-order valence-electron chi connectivity index (χ4n) is 0.639. The molecule has 5 heteroatoms. The molecule has 0 aliphatic rings. The van der Waals surface area contributed by atoms with Gasteiger partial charge in [0.05, 0.1) is 0 Å². The third kappa shape index (κ3) is 2.20. The molecule has 0 aliphatic heterocycles. The lowest BCUT2D eigenvalue weighted by Crippen LogP contribution is -2.15. The summed E-state index contributed by atoms with van der Waals surface area (Å²) < 4.78 is 0.856. The van der Waals surface area contributed by atoms with Crippen LogP contribution >= 0.6 is 11.3 Å². The molecular weight excluding hydrogens is 174 g/mol. The van der Waals surface area contributed by atoms with Gasteiger partial charge >= 0.3 is 0 Å². The van der Waals surface area contributed by atoms with E-state index < -0.39 is 0 Å². The fourth-order valence-corrected chi connectivity index (χ4v) is 1.15. The summed E-state index contributed by atoms with van der Waals surface area (Å²) in [6, 6.07) is -0.0621. The first-order chi connectivity index (χ1) is 5.59. The number of nitrogens with zero attached hydrogens (tertiary/aromatic N) is 2. The minimum absolute atomic E-state index is 0.0621. The average Bonchev–Trinajstić information content (AvgIpc) is 2.35. The highest BCUT2D eigenvalue weighted by atomic mass is 32.1. The molecule has 0 spiro atoms. The van der Waals surface area contributed by atoms with Crippen LogP contribution in [0, 0.1) is 5.21 Å². The molecule has 1 aromatic rings. The molecule has 12 heavy (non-hydrogen) atoms. The van der Waals surface area contributed by atoms with Gasteiger partial charge in [-0.3, -0.25) is 0 Å². The van der Waals surface area contributed by atoms with Gasteiger partial charge in [-0.1, -0.05) is 0 Å². The summed E-state index contributed by atoms with van der Waals surface area (Å²) in [6.07, 6.45) is 1.44. The van der Waals surface area contributed by atoms with Crippen molar-refractivity contribution in [2.45, 2.75) is 19.9 Å². The van der Waals surface area contributed by atoms with Crippen LogP contribution in [0.4, 0.5) is 5.13 Å². The van der Waals surface area contributed by atoms with E-state index in [0.717, 1.165) is 4.74 Å². The molecule has 0 saturated carbocycles. The van der Waals surface area contributed by atoms with E-state index in [1.165, 1.54) is 17.6 Å². The summed E-state index contributed by atoms with van der Waals surface area (Å²) in [6.45, 7) is 3.64. The first-order valence-corrected chi connectivity index (χ1v) is 4.49. The highest BCUT2D eigenvalue weighted by Gasteiger charge is 2.03. The largest absolute Gasteiger partial charge is 0.624 e. The molecule has 2 N–H and O–H groups in total. The third-order valence-corrected chi connectivity index (χ3v) is 2.00. The number of thiazole rings is 1. The molecule has 0 saturated heterocycles. The van der Waals surface area contributed by atoms with Gasteiger partial charge in [0.2, 0.25) is 6.21 Å². The Morgan fingerprint density at radius 1 is 1.75 bits per heavy atom. The van der Waals surface area contributed by atoms with Gasteiger partial charge in [-0.25, -0.2) is 9.72 Å². The topological polar surface area (TPSA) is 65.0 Å². The van der Waals surface area contributed by atoms with E-state index in [4.69, 9.17) is 5.73 Å². The maximum absolute atomic E-state index is 11.1. The van der Waals surface area contributed by atoms with E-state index in [1.807, 2.05) is 13.8 Å². The van der Waals surface area contributed by atoms with Crippen molar-refractivity contribution in [3.8, 4) is 0 Å². The van der Waals surface area contributed by atoms with Crippen molar-refractivity contribution >= 4 is 22.7 Å². The van der Waals surface area contributed by atoms with Crippen LogP contribution in [-0.4, -0.2) is 22.0 Å². The third-order valence-electron chi connectivity index (χ3n) is 1.31. The van der Waals surface area contributed by atoms with Gasteiger partial charge < -0.3 is 10.9 Å². The number of rotatable bonds is 2. The summed E-state index contributed by atoms with van der Waals surface area (Å²) >= 11 is 1.33. The highest BCUT2D eigenvalue weighted by Crippen LogP contribution is 2.08. The molecule has 4 nitrogen and oxygen atoms in total. The van der Waals surface area contributed by atoms with Crippen molar-refractivity contribution in [1.29, 1.82) is 0 Å². The van der Waals surface area contributed by atoms with E-state index in [1.54, 1.807) is 5.38 Å². The Morgan fingerprint density at radius 3 is 2.83 bits per heavy atom. The standard InChI is InChI=1S/C7H11N3OS/c1-5(2)10(11)3-6-4-12-7(8)9-6/h3-5H,1-2H3,(H2,8,9). The van der Waals surface area contributed by atoms with Crippen LogP contribution in [0.3, 0.4) is 0 Å². The molecular formula is C7H11N3OS. The van der Waals surface area contributed by atoms with E-state index in [9.17, 15) is 5.21 Å². The molecule has 0 bridgehead atoms. The predicted octanol–water partition coefficient (Wildman–Crippen LogP) is 1.06. The zero-order valence-electron chi connectivity index (χ0n) is 7.02. The molecule has 1 rings (SSSR count). The Labute approximate surface area is 74.9 Å². The summed E-state index contributed by atoms with van der Waals surface area (Å²) in [5.41, 5.74) is 6.02. The van der Waals surface area contributed by atoms with Crippen LogP contribution in [0.1, 0.15) is 19.5 Å². The van der Waals surface area contributed by atoms with Crippen molar-refractivity contribution in [2.75, 3.05) is 5.73 Å². The Bertz CT molecular complexity index is 293. The monoisotopic (exact) mass is 185 g/mol. The van der Waals surface area contributed by atoms with Crippen LogP contribution in [0.25, 0.3) is 0 Å². The second-order valence-electron chi connectivity index (χ2n) is 2.69. The van der Waals surface area contributed by atoms with Crippen LogP contribution in [-0.2, 0) is 0 Å². The SMILES string of the molecule is CC(C)[N+]([O-])=Cc1csc(N)n1. The second kappa shape index (κ2) is 3.53. The maximum atomic E-state index is 11.1. The maximum Gasteiger partial charge on any atom is 0.201 e. The molecule has 0 atom stereocenters. The van der Waals surface area contributed by atoms with Crippen LogP contribution in [0.15, 0.2) is 5.38 Å². The Balaban J connectivity index is 2.80. The minimum atomic E-state index is -0.0621. The molecule has 66 valence electrons. The lowest BCUT2D eigenvalue weighted by Gasteiger charge is -2.05. The van der Waals surface area contributed by atoms with Crippen LogP contribution < -0.4 is 5.73 Å². The van der Waals surface area contributed by atoms with Gasteiger partial charge in [0.1, 0.15) is 5.69 Å². The van der Waals surface area contributed by atoms with Gasteiger partial charge in [-0.2, -0.15) is 0 Å². The molecule has 0 aliphatic carbocycles. The number of nitrogens with two attached hydrogens (primary N) is 1. The number of anilines is 1. The summed E-state index contributed by atoms with van der Waals surface area (Å²) in [5.74, 6) is 0. The van der Waals surface area contributed by atoms with Gasteiger partial charge in [0.15, 0.2) is 11.2 Å². The van der Waals surface area contributed by atoms with E-state index >= 15 is 0 Å². The second-order valence-corrected chi connectivity index (χ2v) is 3.58. The first kappa shape index (κ1) is 8.99. The fraction of sp³-hybridized carbons (Fsp3) is 0.429. The molecule has 0 unspecified atom stereocenters. The number of nitrogen functional groups attached to an aromatic ring is 1. The number of hydrogen-bond donors (Lipinski definition) is 1. The summed E-state index contributed by atoms with van der Waals surface area (Å²) in [5, 5.41) is 13.3. The van der Waals surface area contributed by atoms with Crippen molar-refractivity contribution in [3.63, 3.8) is 0 Å². The van der Waals surface area contributed by atoms with Gasteiger partial charge in [-0.15, -0.1) is 11.3 Å². The smallest absolute Gasteiger partial charge is 0.201 e. The van der Waals surface area contributed by atoms with Gasteiger partial charge in [0.25, 0.3) is 0 Å². The first-order valence-electron chi connectivity index (χ1n) is 3.61. The molecule has 0 aromatic carbocycles. The molecule has 0 fully saturated rings. The number of hydroxylamine groups is 1. The average molecular weight is 185 g/mol. The van der Waals surface area contributed by atoms with Crippen molar-refractivity contribution in [2.24, 2.45) is 0 Å². The lowest BCUT2D eigenvalue weighted by atomic mass is 10.4. The summed E-state index contributed by atoms with van der Waals surface area (Å²) in [7, 11) is 0. The number of hydrogen-bond acceptors (Lipinski definition) is 4. The zero-order chi connectivity index (χ0) is 9.14. The molecule has 1 aromatic heterocycles. The van der Waals surface area contributed by atoms with E-state index in [2.05, 4.69) is 4.98 Å². The van der Waals surface area contributed by atoms with E-state index in [-0.39, 0.29) is 6.04 Å². The highest BCUT2D eigenvalue weighted by molar-refractivity contribution is 7.13. The van der Waals surface area contributed by atoms with Crippen molar-refractivity contribution < 1.29 is 4.74 Å². The Kier molecular flexibility index (Phi) is 2.65. The normalized spacial score (nSPS) is 12.4. The molecule has 1 heterocycles. The van der Waals surface area contributed by atoms with Crippen molar-refractivity contribution in [1.82, 2.24) is 4.98 Å². The van der Waals surface area contributed by atoms with E-state index in [0.29, 0.717) is 10.8 Å². The Hall–Kier alpha value is -1.10. The zero-order valence-corrected chi connectivity index (χ0v) is 7.84.